The van der Waals surface area contributed by atoms with E-state index >= 15 is 0 Å². The maximum Gasteiger partial charge on any atom is 0.242 e. The van der Waals surface area contributed by atoms with Crippen LogP contribution in [0.4, 0.5) is 5.69 Å². The number of phenolic OH excluding ortho intramolecular Hbond substituents is 1. The fourth-order valence-electron chi connectivity index (χ4n) is 4.94. The first kappa shape index (κ1) is 24.1. The van der Waals surface area contributed by atoms with Crippen LogP contribution >= 0.6 is 43.8 Å². The zero-order valence-electron chi connectivity index (χ0n) is 19.4. The number of benzene rings is 2. The van der Waals surface area contributed by atoms with Crippen LogP contribution in [0, 0.1) is 0 Å². The molecule has 3 aromatic rings. The average molecular weight is 633 g/mol. The second kappa shape index (κ2) is 9.92. The van der Waals surface area contributed by atoms with Gasteiger partial charge in [0.05, 0.1) is 13.2 Å². The Balaban J connectivity index is 1.33. The van der Waals surface area contributed by atoms with Crippen molar-refractivity contribution < 1.29 is 19.4 Å². The molecule has 2 fully saturated rings. The molecule has 0 aliphatic carbocycles. The summed E-state index contributed by atoms with van der Waals surface area (Å²) >= 11 is 2.98. The number of morpholine rings is 1. The van der Waals surface area contributed by atoms with Crippen molar-refractivity contribution in [1.82, 2.24) is 5.32 Å². The van der Waals surface area contributed by atoms with Gasteiger partial charge in [0.15, 0.2) is 5.78 Å². The molecule has 2 aromatic carbocycles. The Morgan fingerprint density at radius 1 is 1.14 bits per heavy atom. The SMILES string of the molecule is O=C1CC(c2ccsc2)(c2ccc(N3CCOCC3)cc2O)NC(=O)C1Sc1ccccc1C1=IC1. The second-order valence-electron chi connectivity index (χ2n) is 9.02. The zero-order chi connectivity index (χ0) is 24.7. The number of hydrogen-bond donors (Lipinski definition) is 2. The Morgan fingerprint density at radius 2 is 1.94 bits per heavy atom. The number of ether oxygens (including phenoxy) is 1. The lowest BCUT2D eigenvalue weighted by atomic mass is 9.76. The van der Waals surface area contributed by atoms with E-state index in [-0.39, 0.29) is 44.6 Å². The highest BCUT2D eigenvalue weighted by Gasteiger charge is 2.49. The molecule has 2 N–H and O–H groups in total. The van der Waals surface area contributed by atoms with Crippen molar-refractivity contribution in [3.8, 4) is 5.75 Å². The topological polar surface area (TPSA) is 78.9 Å². The maximum atomic E-state index is 13.6. The maximum absolute atomic E-state index is 13.6. The third-order valence-corrected chi connectivity index (χ3v) is 10.9. The van der Waals surface area contributed by atoms with E-state index in [4.69, 9.17) is 4.74 Å². The number of rotatable bonds is 6. The number of nitrogens with one attached hydrogen (secondary N) is 1. The molecule has 36 heavy (non-hydrogen) atoms. The van der Waals surface area contributed by atoms with Gasteiger partial charge in [0, 0.05) is 46.2 Å². The van der Waals surface area contributed by atoms with Gasteiger partial charge in [-0.15, -0.1) is 32.5 Å². The lowest BCUT2D eigenvalue weighted by Crippen LogP contribution is -2.58. The lowest BCUT2D eigenvalue weighted by molar-refractivity contribution is -0.132. The van der Waals surface area contributed by atoms with Gasteiger partial charge in [-0.1, -0.05) is 24.3 Å². The number of carbonyl (C=O) groups excluding carboxylic acids is 2. The first-order chi connectivity index (χ1) is 17.5. The van der Waals surface area contributed by atoms with Gasteiger partial charge >= 0.3 is 0 Å². The summed E-state index contributed by atoms with van der Waals surface area (Å²) in [6, 6.07) is 15.5. The highest BCUT2D eigenvalue weighted by Crippen LogP contribution is 2.45. The lowest BCUT2D eigenvalue weighted by Gasteiger charge is -2.40. The Hall–Kier alpha value is -2.21. The van der Waals surface area contributed by atoms with Gasteiger partial charge in [0.25, 0.3) is 0 Å². The first-order valence-corrected chi connectivity index (χ1v) is 16.2. The molecule has 0 spiro atoms. The molecule has 1 amide bonds. The molecule has 6 nitrogen and oxygen atoms in total. The predicted octanol–water partition coefficient (Wildman–Crippen LogP) is 4.29. The van der Waals surface area contributed by atoms with Crippen LogP contribution in [0.5, 0.6) is 5.75 Å². The summed E-state index contributed by atoms with van der Waals surface area (Å²) in [5.41, 5.74) is 2.35. The highest BCUT2D eigenvalue weighted by molar-refractivity contribution is 14.2. The number of halogens is 1. The molecule has 4 heterocycles. The largest absolute Gasteiger partial charge is 0.507 e. The molecule has 6 rings (SSSR count). The van der Waals surface area contributed by atoms with E-state index in [2.05, 4.69) is 16.3 Å². The van der Waals surface area contributed by atoms with E-state index < -0.39 is 10.8 Å². The van der Waals surface area contributed by atoms with Crippen molar-refractivity contribution in [3.63, 3.8) is 0 Å². The third kappa shape index (κ3) is 4.51. The molecule has 2 saturated heterocycles. The van der Waals surface area contributed by atoms with Crippen LogP contribution in [-0.4, -0.2) is 56.3 Å². The van der Waals surface area contributed by atoms with Crippen molar-refractivity contribution in [2.24, 2.45) is 0 Å². The van der Waals surface area contributed by atoms with Crippen molar-refractivity contribution in [3.05, 3.63) is 76.0 Å². The summed E-state index contributed by atoms with van der Waals surface area (Å²) in [6.07, 6.45) is 0.0866. The number of carbonyl (C=O) groups is 2. The Morgan fingerprint density at radius 3 is 2.64 bits per heavy atom. The Bertz CT molecular complexity index is 1330. The van der Waals surface area contributed by atoms with Crippen LogP contribution in [0.25, 0.3) is 0 Å². The van der Waals surface area contributed by atoms with E-state index in [1.807, 2.05) is 47.2 Å². The number of nitrogens with zero attached hydrogens (tertiary/aromatic N) is 1. The molecule has 2 atom stereocenters. The monoisotopic (exact) mass is 632 g/mol. The van der Waals surface area contributed by atoms with Gasteiger partial charge in [-0.05, 0) is 43.6 Å². The van der Waals surface area contributed by atoms with Crippen LogP contribution in [0.15, 0.2) is 64.2 Å². The van der Waals surface area contributed by atoms with E-state index in [1.54, 1.807) is 6.07 Å². The minimum Gasteiger partial charge on any atom is -0.507 e. The van der Waals surface area contributed by atoms with Crippen molar-refractivity contribution in [1.29, 1.82) is 0 Å². The molecule has 2 unspecified atom stereocenters. The number of piperidine rings is 1. The van der Waals surface area contributed by atoms with Gasteiger partial charge in [-0.2, -0.15) is 11.3 Å². The second-order valence-corrected chi connectivity index (χ2v) is 13.8. The molecular formula is C27H25IN2O4S2. The van der Waals surface area contributed by atoms with Crippen LogP contribution in [0.2, 0.25) is 0 Å². The van der Waals surface area contributed by atoms with Crippen LogP contribution < -0.4 is 10.2 Å². The summed E-state index contributed by atoms with van der Waals surface area (Å²) in [5, 5.41) is 17.4. The summed E-state index contributed by atoms with van der Waals surface area (Å²) < 4.78 is 8.11. The number of Topliss-reactive ketones (excluding diaryl/α,β-unsaturated/α-hetero) is 1. The van der Waals surface area contributed by atoms with Crippen molar-refractivity contribution in [2.75, 3.05) is 35.6 Å². The van der Waals surface area contributed by atoms with Crippen LogP contribution in [0.3, 0.4) is 0 Å². The minimum absolute atomic E-state index is 0.0730. The zero-order valence-corrected chi connectivity index (χ0v) is 23.2. The van der Waals surface area contributed by atoms with Gasteiger partial charge in [0.1, 0.15) is 16.5 Å². The predicted molar refractivity (Wildman–Crippen MR) is 153 cm³/mol. The molecule has 0 radical (unpaired) electrons. The third-order valence-electron chi connectivity index (χ3n) is 6.83. The minimum atomic E-state index is -1.10. The molecular weight excluding hydrogens is 607 g/mol. The van der Waals surface area contributed by atoms with Gasteiger partial charge in [-0.25, -0.2) is 0 Å². The Kier molecular flexibility index (Phi) is 6.65. The molecule has 3 aliphatic heterocycles. The first-order valence-electron chi connectivity index (χ1n) is 11.8. The molecule has 9 heteroatoms. The number of thioether (sulfide) groups is 1. The fraction of sp³-hybridized carbons (Fsp3) is 0.296. The summed E-state index contributed by atoms with van der Waals surface area (Å²) in [4.78, 5) is 30.4. The normalized spacial score (nSPS) is 24.1. The average Bonchev–Trinajstić information content (AvgIpc) is 3.59. The smallest absolute Gasteiger partial charge is 0.242 e. The number of aromatic hydroxyl groups is 1. The molecule has 186 valence electrons. The van der Waals surface area contributed by atoms with E-state index in [0.717, 1.165) is 29.2 Å². The summed E-state index contributed by atoms with van der Waals surface area (Å²) in [5.74, 6) is -0.370. The molecule has 0 saturated carbocycles. The highest BCUT2D eigenvalue weighted by atomic mass is 127. The number of hydrogen-bond acceptors (Lipinski definition) is 7. The van der Waals surface area contributed by atoms with Crippen LogP contribution in [0.1, 0.15) is 23.1 Å². The van der Waals surface area contributed by atoms with E-state index in [0.29, 0.717) is 18.8 Å². The summed E-state index contributed by atoms with van der Waals surface area (Å²) in [6.45, 7) is 2.81. The van der Waals surface area contributed by atoms with E-state index in [9.17, 15) is 14.7 Å². The van der Waals surface area contributed by atoms with Gasteiger partial charge < -0.3 is 20.1 Å². The standard InChI is InChI=1S/C27H25IN2O4S2/c31-22-13-18(30-8-10-34-11-9-30)5-6-20(22)27(17-7-12-35-16-17)14-23(32)25(26(33)29-27)36-24-4-2-1-3-19(24)21-15-28-21/h1-7,12-13,16,25,31H,8-11,14-15H2,(H,29,33). The molecule has 3 aliphatic rings. The van der Waals surface area contributed by atoms with Gasteiger partial charge in [0.2, 0.25) is 5.91 Å². The Labute approximate surface area is 227 Å². The van der Waals surface area contributed by atoms with Crippen molar-refractivity contribution in [2.45, 2.75) is 22.1 Å². The summed E-state index contributed by atoms with van der Waals surface area (Å²) in [7, 11) is 0. The number of amides is 1. The number of phenols is 1. The number of anilines is 1. The molecule has 1 aromatic heterocycles. The number of ketones is 1. The molecule has 0 bridgehead atoms. The van der Waals surface area contributed by atoms with Crippen molar-refractivity contribution >= 4 is 64.7 Å². The quantitative estimate of drug-likeness (QED) is 0.240. The number of thiophene rings is 1. The fourth-order valence-corrected chi connectivity index (χ4v) is 8.44. The van der Waals surface area contributed by atoms with E-state index in [1.165, 1.54) is 36.6 Å². The van der Waals surface area contributed by atoms with Gasteiger partial charge in [-0.3, -0.25) is 9.59 Å². The van der Waals surface area contributed by atoms with Crippen LogP contribution in [-0.2, 0) is 19.9 Å². The number of alkyl halides is 1.